The molecule has 0 amide bonds. The Balaban J connectivity index is 1.64. The van der Waals surface area contributed by atoms with E-state index >= 15 is 0 Å². The highest BCUT2D eigenvalue weighted by molar-refractivity contribution is 5.98. The topological polar surface area (TPSA) is 154 Å². The van der Waals surface area contributed by atoms with Crippen LogP contribution in [0.4, 0.5) is 5.69 Å². The standard InChI is InChI=1S/C22H17N7O4/c23-11-5-6-13-15(9-11)28(10-24-13)21-25-18(20(30)31)17-19(27-21)29(22(32)26-17)14-7-8-33-16-4-2-1-3-12(14)16/h1-6,9-10,14H,7-8,23H2,(H,26,32)(H,30,31). The number of para-hydroxylation sites is 1. The molecule has 0 bridgehead atoms. The summed E-state index contributed by atoms with van der Waals surface area (Å²) < 4.78 is 8.76. The van der Waals surface area contributed by atoms with Crippen molar-refractivity contribution in [3.8, 4) is 11.7 Å². The van der Waals surface area contributed by atoms with Gasteiger partial charge in [0.05, 0.1) is 23.7 Å². The maximum atomic E-state index is 13.0. The second kappa shape index (κ2) is 6.92. The van der Waals surface area contributed by atoms with Crippen molar-refractivity contribution in [2.75, 3.05) is 12.3 Å². The van der Waals surface area contributed by atoms with Gasteiger partial charge >= 0.3 is 11.7 Å². The van der Waals surface area contributed by atoms with Crippen molar-refractivity contribution in [1.82, 2.24) is 29.1 Å². The Morgan fingerprint density at radius 1 is 1.21 bits per heavy atom. The van der Waals surface area contributed by atoms with E-state index < -0.39 is 11.7 Å². The minimum atomic E-state index is -1.28. The van der Waals surface area contributed by atoms with E-state index in [1.54, 1.807) is 22.8 Å². The highest BCUT2D eigenvalue weighted by Crippen LogP contribution is 2.35. The number of nitrogen functional groups attached to an aromatic ring is 1. The second-order valence-corrected chi connectivity index (χ2v) is 7.73. The lowest BCUT2D eigenvalue weighted by molar-refractivity contribution is 0.0692. The molecule has 3 aromatic heterocycles. The Bertz CT molecular complexity index is 1630. The van der Waals surface area contributed by atoms with E-state index in [9.17, 15) is 14.7 Å². The summed E-state index contributed by atoms with van der Waals surface area (Å²) in [5, 5.41) is 9.84. The van der Waals surface area contributed by atoms with Crippen molar-refractivity contribution in [1.29, 1.82) is 0 Å². The Morgan fingerprint density at radius 2 is 2.06 bits per heavy atom. The lowest BCUT2D eigenvalue weighted by Gasteiger charge is -2.26. The van der Waals surface area contributed by atoms with Gasteiger partial charge in [-0.3, -0.25) is 9.13 Å². The summed E-state index contributed by atoms with van der Waals surface area (Å²) in [6.45, 7) is 0.413. The number of hydrogen-bond donors (Lipinski definition) is 3. The smallest absolute Gasteiger partial charge is 0.356 e. The number of aromatic carboxylic acids is 1. The first kappa shape index (κ1) is 19.0. The molecule has 0 fully saturated rings. The molecular weight excluding hydrogens is 426 g/mol. The number of fused-ring (bicyclic) bond motifs is 3. The zero-order valence-electron chi connectivity index (χ0n) is 17.1. The largest absolute Gasteiger partial charge is 0.493 e. The number of nitrogens with zero attached hydrogens (tertiary/aromatic N) is 5. The molecule has 2 aromatic carbocycles. The SMILES string of the molecule is Nc1ccc2ncn(-c3nc(C(=O)O)c4[nH]c(=O)n(C5CCOc6ccccc65)c4n3)c2c1. The average Bonchev–Trinajstić information content (AvgIpc) is 3.37. The van der Waals surface area contributed by atoms with Gasteiger partial charge in [0.2, 0.25) is 5.95 Å². The van der Waals surface area contributed by atoms with Crippen molar-refractivity contribution >= 4 is 33.9 Å². The molecule has 0 radical (unpaired) electrons. The van der Waals surface area contributed by atoms with E-state index in [2.05, 4.69) is 19.9 Å². The van der Waals surface area contributed by atoms with Gasteiger partial charge in [-0.15, -0.1) is 0 Å². The number of hydrogen-bond acceptors (Lipinski definition) is 7. The summed E-state index contributed by atoms with van der Waals surface area (Å²) in [6.07, 6.45) is 2.02. The third-order valence-electron chi connectivity index (χ3n) is 5.78. The van der Waals surface area contributed by atoms with E-state index in [0.717, 1.165) is 5.56 Å². The van der Waals surface area contributed by atoms with Gasteiger partial charge in [0.1, 0.15) is 17.6 Å². The number of imidazole rings is 2. The zero-order valence-corrected chi connectivity index (χ0v) is 17.1. The first-order chi connectivity index (χ1) is 16.0. The van der Waals surface area contributed by atoms with Crippen LogP contribution in [-0.2, 0) is 0 Å². The summed E-state index contributed by atoms with van der Waals surface area (Å²) in [6, 6.07) is 12.2. The van der Waals surface area contributed by atoms with Crippen LogP contribution < -0.4 is 16.2 Å². The van der Waals surface area contributed by atoms with Crippen molar-refractivity contribution in [3.63, 3.8) is 0 Å². The molecule has 4 N–H and O–H groups in total. The molecule has 11 heteroatoms. The molecule has 0 saturated heterocycles. The number of carboxylic acid groups (broad SMARTS) is 1. The maximum absolute atomic E-state index is 13.0. The van der Waals surface area contributed by atoms with Crippen LogP contribution in [-0.4, -0.2) is 46.8 Å². The number of carboxylic acids is 1. The predicted octanol–water partition coefficient (Wildman–Crippen LogP) is 2.11. The molecule has 164 valence electrons. The van der Waals surface area contributed by atoms with E-state index in [-0.39, 0.29) is 28.8 Å². The first-order valence-electron chi connectivity index (χ1n) is 10.2. The van der Waals surface area contributed by atoms with Crippen LogP contribution in [0.5, 0.6) is 5.75 Å². The third-order valence-corrected chi connectivity index (χ3v) is 5.78. The van der Waals surface area contributed by atoms with E-state index in [4.69, 9.17) is 10.5 Å². The molecule has 0 aliphatic carbocycles. The fourth-order valence-corrected chi connectivity index (χ4v) is 4.32. The fraction of sp³-hybridized carbons (Fsp3) is 0.136. The van der Waals surface area contributed by atoms with Gasteiger partial charge in [-0.05, 0) is 24.3 Å². The number of nitrogens with one attached hydrogen (secondary N) is 1. The Hall–Kier alpha value is -4.67. The first-order valence-corrected chi connectivity index (χ1v) is 10.2. The van der Waals surface area contributed by atoms with Crippen LogP contribution >= 0.6 is 0 Å². The number of H-pyrrole nitrogens is 1. The monoisotopic (exact) mass is 443 g/mol. The van der Waals surface area contributed by atoms with Gasteiger partial charge in [-0.2, -0.15) is 4.98 Å². The molecular formula is C22H17N7O4. The van der Waals surface area contributed by atoms with Crippen molar-refractivity contribution in [2.24, 2.45) is 0 Å². The van der Waals surface area contributed by atoms with Crippen LogP contribution in [0.25, 0.3) is 28.1 Å². The minimum Gasteiger partial charge on any atom is -0.493 e. The van der Waals surface area contributed by atoms with Gasteiger partial charge in [-0.1, -0.05) is 18.2 Å². The fourth-order valence-electron chi connectivity index (χ4n) is 4.32. The van der Waals surface area contributed by atoms with Gasteiger partial charge in [0, 0.05) is 17.7 Å². The van der Waals surface area contributed by atoms with Crippen LogP contribution in [0.3, 0.4) is 0 Å². The number of carbonyl (C=O) groups is 1. The average molecular weight is 443 g/mol. The Kier molecular flexibility index (Phi) is 3.99. The highest BCUT2D eigenvalue weighted by atomic mass is 16.5. The lowest BCUT2D eigenvalue weighted by Crippen LogP contribution is -2.28. The van der Waals surface area contributed by atoms with Crippen LogP contribution in [0.15, 0.2) is 53.6 Å². The zero-order chi connectivity index (χ0) is 22.7. The molecule has 1 aliphatic heterocycles. The van der Waals surface area contributed by atoms with Gasteiger partial charge < -0.3 is 20.6 Å². The highest BCUT2D eigenvalue weighted by Gasteiger charge is 2.29. The Morgan fingerprint density at radius 3 is 2.91 bits per heavy atom. The van der Waals surface area contributed by atoms with Crippen LogP contribution in [0.2, 0.25) is 0 Å². The molecule has 0 saturated carbocycles. The molecule has 4 heterocycles. The summed E-state index contributed by atoms with van der Waals surface area (Å²) in [4.78, 5) is 40.9. The summed E-state index contributed by atoms with van der Waals surface area (Å²) in [5.41, 5.74) is 8.00. The summed E-state index contributed by atoms with van der Waals surface area (Å²) in [7, 11) is 0. The molecule has 33 heavy (non-hydrogen) atoms. The molecule has 1 unspecified atom stereocenters. The van der Waals surface area contributed by atoms with Gasteiger partial charge in [0.15, 0.2) is 11.3 Å². The molecule has 11 nitrogen and oxygen atoms in total. The number of anilines is 1. The van der Waals surface area contributed by atoms with E-state index in [1.165, 1.54) is 10.9 Å². The summed E-state index contributed by atoms with van der Waals surface area (Å²) >= 11 is 0. The number of ether oxygens (including phenoxy) is 1. The number of aromatic nitrogens is 6. The molecule has 1 aliphatic rings. The lowest BCUT2D eigenvalue weighted by atomic mass is 10.0. The van der Waals surface area contributed by atoms with E-state index in [0.29, 0.717) is 35.5 Å². The van der Waals surface area contributed by atoms with Crippen molar-refractivity contribution < 1.29 is 14.6 Å². The predicted molar refractivity (Wildman–Crippen MR) is 119 cm³/mol. The third kappa shape index (κ3) is 2.86. The van der Waals surface area contributed by atoms with Crippen LogP contribution in [0, 0.1) is 0 Å². The van der Waals surface area contributed by atoms with Gasteiger partial charge in [0.25, 0.3) is 0 Å². The molecule has 0 spiro atoms. The molecule has 6 rings (SSSR count). The quantitative estimate of drug-likeness (QED) is 0.358. The van der Waals surface area contributed by atoms with Crippen molar-refractivity contribution in [3.05, 3.63) is 70.5 Å². The normalized spacial score (nSPS) is 15.5. The molecule has 5 aromatic rings. The second-order valence-electron chi connectivity index (χ2n) is 7.73. The van der Waals surface area contributed by atoms with E-state index in [1.807, 2.05) is 24.3 Å². The van der Waals surface area contributed by atoms with Crippen molar-refractivity contribution in [2.45, 2.75) is 12.5 Å². The van der Waals surface area contributed by atoms with Crippen LogP contribution in [0.1, 0.15) is 28.5 Å². The minimum absolute atomic E-state index is 0.0594. The number of rotatable bonds is 3. The number of nitrogens with two attached hydrogens (primary N) is 1. The number of benzene rings is 2. The Labute approximate surface area is 185 Å². The molecule has 1 atom stereocenters. The summed E-state index contributed by atoms with van der Waals surface area (Å²) in [5.74, 6) is -0.534. The van der Waals surface area contributed by atoms with Gasteiger partial charge in [-0.25, -0.2) is 19.6 Å². The number of aromatic amines is 1. The maximum Gasteiger partial charge on any atom is 0.356 e.